The van der Waals surface area contributed by atoms with Gasteiger partial charge < -0.3 is 0 Å². The maximum absolute atomic E-state index is 12.3. The molecule has 0 atom stereocenters. The van der Waals surface area contributed by atoms with Crippen LogP contribution < -0.4 is 10.0 Å². The fourth-order valence-electron chi connectivity index (χ4n) is 1.83. The van der Waals surface area contributed by atoms with Crippen LogP contribution in [0.2, 0.25) is 0 Å². The predicted molar refractivity (Wildman–Crippen MR) is 97.8 cm³/mol. The van der Waals surface area contributed by atoms with Crippen molar-refractivity contribution in [3.05, 3.63) is 54.1 Å². The van der Waals surface area contributed by atoms with Gasteiger partial charge in [-0.1, -0.05) is 29.5 Å². The van der Waals surface area contributed by atoms with Gasteiger partial charge in [-0.3, -0.25) is 10.0 Å². The summed E-state index contributed by atoms with van der Waals surface area (Å²) in [6.07, 6.45) is 3.61. The summed E-state index contributed by atoms with van der Waals surface area (Å²) in [5.74, 6) is 0. The average molecular weight is 360 g/mol. The normalized spacial score (nSPS) is 11.6. The number of aliphatic imine (C=N–C) groups is 1. The monoisotopic (exact) mass is 360 g/mol. The Morgan fingerprint density at radius 2 is 1.75 bits per heavy atom. The first-order valence-corrected chi connectivity index (χ1v) is 9.63. The summed E-state index contributed by atoms with van der Waals surface area (Å²) < 4.78 is 27.2. The number of rotatable bonds is 4. The Kier molecular flexibility index (Phi) is 5.84. The van der Waals surface area contributed by atoms with Crippen molar-refractivity contribution < 1.29 is 8.42 Å². The molecule has 2 aromatic carbocycles. The first-order chi connectivity index (χ1) is 11.4. The maximum atomic E-state index is 12.3. The van der Waals surface area contributed by atoms with Gasteiger partial charge in [0.05, 0.1) is 10.6 Å². The molecule has 0 bridgehead atoms. The first-order valence-electron chi connectivity index (χ1n) is 6.92. The highest BCUT2D eigenvalue weighted by atomic mass is 32.2. The maximum Gasteiger partial charge on any atom is 0.261 e. The quantitative estimate of drug-likeness (QED) is 0.378. The Labute approximate surface area is 145 Å². The third-order valence-corrected chi connectivity index (χ3v) is 5.01. The van der Waals surface area contributed by atoms with E-state index in [-0.39, 0.29) is 4.90 Å². The summed E-state index contributed by atoms with van der Waals surface area (Å²) in [5.41, 5.74) is 2.04. The molecular formula is C16H16N4O2S2. The molecule has 0 saturated carbocycles. The number of nitriles is 1. The van der Waals surface area contributed by atoms with Crippen molar-refractivity contribution in [2.75, 3.05) is 11.0 Å². The predicted octanol–water partition coefficient (Wildman–Crippen LogP) is 3.22. The summed E-state index contributed by atoms with van der Waals surface area (Å²) in [4.78, 5) is 4.45. The first kappa shape index (κ1) is 17.8. The zero-order valence-corrected chi connectivity index (χ0v) is 14.8. The molecule has 2 N–H and O–H groups in total. The number of aryl methyl sites for hydroxylation is 1. The highest BCUT2D eigenvalue weighted by Crippen LogP contribution is 2.21. The molecule has 124 valence electrons. The van der Waals surface area contributed by atoms with E-state index in [0.717, 1.165) is 5.56 Å². The van der Waals surface area contributed by atoms with Crippen LogP contribution in [-0.2, 0) is 10.0 Å². The number of thioether (sulfide) groups is 1. The number of nitrogens with zero attached hydrogens (tertiary/aromatic N) is 2. The van der Waals surface area contributed by atoms with Crippen molar-refractivity contribution >= 4 is 38.3 Å². The average Bonchev–Trinajstić information content (AvgIpc) is 2.56. The molecule has 2 aromatic rings. The van der Waals surface area contributed by atoms with Crippen molar-refractivity contribution in [2.24, 2.45) is 4.99 Å². The van der Waals surface area contributed by atoms with Gasteiger partial charge in [-0.05, 0) is 49.6 Å². The summed E-state index contributed by atoms with van der Waals surface area (Å²) in [5, 5.41) is 11.5. The van der Waals surface area contributed by atoms with Crippen LogP contribution in [0.25, 0.3) is 0 Å². The van der Waals surface area contributed by atoms with Crippen LogP contribution in [0.15, 0.2) is 58.4 Å². The number of hydrogen-bond acceptors (Lipinski definition) is 5. The van der Waals surface area contributed by atoms with E-state index < -0.39 is 10.0 Å². The minimum atomic E-state index is -3.62. The lowest BCUT2D eigenvalue weighted by atomic mass is 10.2. The Bertz CT molecular complexity index is 868. The van der Waals surface area contributed by atoms with Gasteiger partial charge in [0, 0.05) is 5.69 Å². The van der Waals surface area contributed by atoms with E-state index in [0.29, 0.717) is 16.5 Å². The van der Waals surface area contributed by atoms with Gasteiger partial charge in [-0.15, -0.1) is 0 Å². The smallest absolute Gasteiger partial charge is 0.261 e. The lowest BCUT2D eigenvalue weighted by Crippen LogP contribution is -2.13. The van der Waals surface area contributed by atoms with Crippen LogP contribution in [0.4, 0.5) is 11.4 Å². The third-order valence-electron chi connectivity index (χ3n) is 3.04. The number of benzene rings is 2. The molecule has 0 unspecified atom stereocenters. The lowest BCUT2D eigenvalue weighted by Gasteiger charge is -2.08. The highest BCUT2D eigenvalue weighted by Gasteiger charge is 2.13. The zero-order chi connectivity index (χ0) is 17.6. The van der Waals surface area contributed by atoms with Crippen molar-refractivity contribution in [1.82, 2.24) is 5.32 Å². The summed E-state index contributed by atoms with van der Waals surface area (Å²) in [7, 11) is -3.62. The van der Waals surface area contributed by atoms with Crippen molar-refractivity contribution in [1.29, 1.82) is 5.26 Å². The van der Waals surface area contributed by atoms with Gasteiger partial charge in [0.1, 0.15) is 0 Å². The van der Waals surface area contributed by atoms with E-state index in [1.807, 2.05) is 13.1 Å². The lowest BCUT2D eigenvalue weighted by molar-refractivity contribution is 0.601. The molecule has 0 heterocycles. The minimum absolute atomic E-state index is 0.207. The van der Waals surface area contributed by atoms with E-state index in [2.05, 4.69) is 15.0 Å². The van der Waals surface area contributed by atoms with Crippen LogP contribution in [-0.4, -0.2) is 19.8 Å². The second kappa shape index (κ2) is 7.86. The molecule has 0 radical (unpaired) electrons. The summed E-state index contributed by atoms with van der Waals surface area (Å²) in [6, 6.07) is 13.2. The Morgan fingerprint density at radius 3 is 2.29 bits per heavy atom. The van der Waals surface area contributed by atoms with Crippen molar-refractivity contribution in [3.63, 3.8) is 0 Å². The van der Waals surface area contributed by atoms with Crippen molar-refractivity contribution in [2.45, 2.75) is 11.8 Å². The second-order valence-corrected chi connectivity index (χ2v) is 7.30. The minimum Gasteiger partial charge on any atom is -0.280 e. The van der Waals surface area contributed by atoms with Gasteiger partial charge in [-0.25, -0.2) is 13.4 Å². The molecule has 0 spiro atoms. The third kappa shape index (κ3) is 4.75. The molecule has 8 heteroatoms. The molecule has 2 rings (SSSR count). The molecule has 0 aromatic heterocycles. The fourth-order valence-corrected chi connectivity index (χ4v) is 3.23. The number of nitrogens with one attached hydrogen (secondary N) is 2. The van der Waals surface area contributed by atoms with Crippen LogP contribution in [0, 0.1) is 18.4 Å². The molecule has 24 heavy (non-hydrogen) atoms. The van der Waals surface area contributed by atoms with Gasteiger partial charge in [0.15, 0.2) is 11.4 Å². The molecular weight excluding hydrogens is 344 g/mol. The molecule has 0 saturated heterocycles. The van der Waals surface area contributed by atoms with Crippen LogP contribution in [0.1, 0.15) is 5.56 Å². The van der Waals surface area contributed by atoms with Crippen molar-refractivity contribution in [3.8, 4) is 6.19 Å². The van der Waals surface area contributed by atoms with Crippen LogP contribution >= 0.6 is 11.8 Å². The van der Waals surface area contributed by atoms with Gasteiger partial charge in [0.25, 0.3) is 10.0 Å². The van der Waals surface area contributed by atoms with Gasteiger partial charge >= 0.3 is 0 Å². The van der Waals surface area contributed by atoms with Gasteiger partial charge in [-0.2, -0.15) is 5.26 Å². The largest absolute Gasteiger partial charge is 0.280 e. The zero-order valence-electron chi connectivity index (χ0n) is 13.1. The van der Waals surface area contributed by atoms with E-state index in [1.165, 1.54) is 11.8 Å². The summed E-state index contributed by atoms with van der Waals surface area (Å²) >= 11 is 1.31. The number of hydrogen-bond donors (Lipinski definition) is 2. The van der Waals surface area contributed by atoms with E-state index >= 15 is 0 Å². The van der Waals surface area contributed by atoms with Crippen LogP contribution in [0.5, 0.6) is 0 Å². The molecule has 0 amide bonds. The van der Waals surface area contributed by atoms with Gasteiger partial charge in [0.2, 0.25) is 0 Å². The molecule has 6 nitrogen and oxygen atoms in total. The molecule has 0 fully saturated rings. The number of anilines is 1. The highest BCUT2D eigenvalue weighted by molar-refractivity contribution is 8.13. The Hall–Kier alpha value is -2.50. The fraction of sp³-hybridized carbons (Fsp3) is 0.125. The van der Waals surface area contributed by atoms with E-state index in [1.54, 1.807) is 54.8 Å². The SMILES string of the molecule is CSC(=Nc1ccc(NS(=O)(=O)c2ccc(C)cc2)cc1)NC#N. The van der Waals surface area contributed by atoms with E-state index in [9.17, 15) is 8.42 Å². The van der Waals surface area contributed by atoms with E-state index in [4.69, 9.17) is 5.26 Å². The second-order valence-electron chi connectivity index (χ2n) is 4.82. The molecule has 0 aliphatic heterocycles. The molecule has 0 aliphatic carbocycles. The Balaban J connectivity index is 2.17. The standard InChI is InChI=1S/C16H16N4O2S2/c1-12-3-9-15(10-4-12)24(21,22)20-14-7-5-13(6-8-14)19-16(23-2)18-11-17/h3-10,20H,1-2H3,(H,18,19). The topological polar surface area (TPSA) is 94.3 Å². The van der Waals surface area contributed by atoms with Crippen LogP contribution in [0.3, 0.4) is 0 Å². The number of sulfonamides is 1. The summed E-state index contributed by atoms with van der Waals surface area (Å²) in [6.45, 7) is 1.90. The molecule has 0 aliphatic rings. The Morgan fingerprint density at radius 1 is 1.12 bits per heavy atom. The number of amidine groups is 1.